The SMILES string of the molecule is COC(=O)c1cc(Cc2ccc(-c3nc(Cl)nc(Cl)n3)c(C(=O)OC)c2)ccc1Oc1nc(Cl)nc(Cl)n1. The normalized spacial score (nSPS) is 10.7. The number of hydrogen-bond donors (Lipinski definition) is 0. The molecule has 0 aliphatic rings. The van der Waals surface area contributed by atoms with Crippen LogP contribution in [0.4, 0.5) is 0 Å². The second-order valence-electron chi connectivity index (χ2n) is 7.33. The third-order valence-corrected chi connectivity index (χ3v) is 5.61. The number of carbonyl (C=O) groups excluding carboxylic acids is 2. The molecule has 0 aliphatic carbocycles. The van der Waals surface area contributed by atoms with Crippen LogP contribution in [0.5, 0.6) is 11.8 Å². The Balaban J connectivity index is 1.69. The van der Waals surface area contributed by atoms with Crippen molar-refractivity contribution in [3.05, 3.63) is 79.8 Å². The Hall–Kier alpha value is -3.64. The van der Waals surface area contributed by atoms with Gasteiger partial charge >= 0.3 is 17.9 Å². The monoisotopic (exact) mass is 594 g/mol. The lowest BCUT2D eigenvalue weighted by molar-refractivity contribution is 0.0590. The highest BCUT2D eigenvalue weighted by atomic mass is 35.5. The van der Waals surface area contributed by atoms with Crippen molar-refractivity contribution in [3.8, 4) is 23.1 Å². The standard InChI is InChI=1S/C23H14Cl4N6O5/c1-36-17(34)13-8-10(3-5-12(13)16-28-19(24)30-20(25)29-16)7-11-4-6-15(14(9-11)18(35)37-2)38-23-32-21(26)31-22(27)33-23/h3-6,8-9H,7H2,1-2H3. The second kappa shape index (κ2) is 11.8. The molecule has 0 fully saturated rings. The van der Waals surface area contributed by atoms with Gasteiger partial charge in [0, 0.05) is 5.56 Å². The topological polar surface area (TPSA) is 139 Å². The van der Waals surface area contributed by atoms with E-state index in [4.69, 9.17) is 60.6 Å². The van der Waals surface area contributed by atoms with E-state index >= 15 is 0 Å². The number of hydrogen-bond acceptors (Lipinski definition) is 11. The summed E-state index contributed by atoms with van der Waals surface area (Å²) in [6.07, 6.45) is 0.316. The molecule has 38 heavy (non-hydrogen) atoms. The van der Waals surface area contributed by atoms with Gasteiger partial charge in [0.2, 0.25) is 21.1 Å². The predicted molar refractivity (Wildman–Crippen MR) is 137 cm³/mol. The minimum absolute atomic E-state index is 0.0944. The van der Waals surface area contributed by atoms with E-state index in [1.807, 2.05) is 0 Å². The molecule has 2 aromatic carbocycles. The molecule has 4 aromatic rings. The molecule has 15 heteroatoms. The molecule has 0 bridgehead atoms. The van der Waals surface area contributed by atoms with Gasteiger partial charge in [0.15, 0.2) is 5.82 Å². The number of ether oxygens (including phenoxy) is 3. The first-order valence-corrected chi connectivity index (χ1v) is 11.9. The number of halogens is 4. The average molecular weight is 596 g/mol. The van der Waals surface area contributed by atoms with Gasteiger partial charge in [-0.25, -0.2) is 9.59 Å². The molecule has 4 rings (SSSR count). The maximum Gasteiger partial charge on any atom is 0.341 e. The van der Waals surface area contributed by atoms with Gasteiger partial charge in [0.1, 0.15) is 11.3 Å². The zero-order valence-corrected chi connectivity index (χ0v) is 22.4. The molecule has 0 atom stereocenters. The number of benzene rings is 2. The van der Waals surface area contributed by atoms with E-state index in [1.54, 1.807) is 30.3 Å². The van der Waals surface area contributed by atoms with Crippen molar-refractivity contribution in [2.24, 2.45) is 0 Å². The largest absolute Gasteiger partial charge is 0.465 e. The summed E-state index contributed by atoms with van der Waals surface area (Å²) in [4.78, 5) is 48.2. The zero-order chi connectivity index (χ0) is 27.4. The van der Waals surface area contributed by atoms with E-state index in [0.717, 1.165) is 0 Å². The maximum atomic E-state index is 12.6. The zero-order valence-electron chi connectivity index (χ0n) is 19.4. The summed E-state index contributed by atoms with van der Waals surface area (Å²) < 4.78 is 15.4. The number of methoxy groups -OCH3 is 2. The van der Waals surface area contributed by atoms with Crippen LogP contribution in [0, 0.1) is 0 Å². The van der Waals surface area contributed by atoms with E-state index in [2.05, 4.69) is 29.9 Å². The predicted octanol–water partition coefficient (Wildman–Crippen LogP) is 5.29. The lowest BCUT2D eigenvalue weighted by Crippen LogP contribution is -2.08. The van der Waals surface area contributed by atoms with Crippen LogP contribution in [0.15, 0.2) is 36.4 Å². The van der Waals surface area contributed by atoms with Gasteiger partial charge in [0.25, 0.3) is 0 Å². The van der Waals surface area contributed by atoms with E-state index in [9.17, 15) is 9.59 Å². The summed E-state index contributed by atoms with van der Waals surface area (Å²) in [5, 5.41) is -0.607. The van der Waals surface area contributed by atoms with Crippen LogP contribution in [0.25, 0.3) is 11.4 Å². The fraction of sp³-hybridized carbons (Fsp3) is 0.130. The van der Waals surface area contributed by atoms with Crippen LogP contribution in [-0.2, 0) is 15.9 Å². The summed E-state index contributed by atoms with van der Waals surface area (Å²) in [6.45, 7) is 0. The lowest BCUT2D eigenvalue weighted by atomic mass is 9.97. The summed E-state index contributed by atoms with van der Waals surface area (Å²) in [5.74, 6) is -1.08. The molecule has 0 aliphatic heterocycles. The van der Waals surface area contributed by atoms with Crippen molar-refractivity contribution >= 4 is 58.3 Å². The van der Waals surface area contributed by atoms with Crippen molar-refractivity contribution in [3.63, 3.8) is 0 Å². The number of rotatable bonds is 7. The fourth-order valence-corrected chi connectivity index (χ4v) is 4.07. The number of carbonyl (C=O) groups is 2. The molecular weight excluding hydrogens is 582 g/mol. The van der Waals surface area contributed by atoms with Crippen molar-refractivity contribution in [2.75, 3.05) is 14.2 Å². The molecule has 0 radical (unpaired) electrons. The van der Waals surface area contributed by atoms with E-state index < -0.39 is 11.9 Å². The molecule has 0 unspecified atom stereocenters. The van der Waals surface area contributed by atoms with Crippen molar-refractivity contribution in [1.82, 2.24) is 29.9 Å². The quantitative estimate of drug-likeness (QED) is 0.257. The first kappa shape index (κ1) is 27.4. The third-order valence-electron chi connectivity index (χ3n) is 4.93. The Labute approximate surface area is 235 Å². The molecule has 0 spiro atoms. The lowest BCUT2D eigenvalue weighted by Gasteiger charge is -2.12. The maximum absolute atomic E-state index is 12.6. The minimum atomic E-state index is -0.665. The van der Waals surface area contributed by atoms with Crippen LogP contribution >= 0.6 is 46.4 Å². The van der Waals surface area contributed by atoms with Gasteiger partial charge in [-0.2, -0.15) is 29.9 Å². The van der Waals surface area contributed by atoms with Gasteiger partial charge in [-0.3, -0.25) is 0 Å². The van der Waals surface area contributed by atoms with Crippen molar-refractivity contribution in [1.29, 1.82) is 0 Å². The van der Waals surface area contributed by atoms with Crippen molar-refractivity contribution in [2.45, 2.75) is 6.42 Å². The molecule has 0 saturated carbocycles. The first-order valence-electron chi connectivity index (χ1n) is 10.4. The van der Waals surface area contributed by atoms with Crippen LogP contribution in [0.1, 0.15) is 31.8 Å². The molecule has 2 heterocycles. The Bertz CT molecular complexity index is 1510. The molecule has 0 N–H and O–H groups in total. The second-order valence-corrected chi connectivity index (χ2v) is 8.68. The van der Waals surface area contributed by atoms with Crippen LogP contribution < -0.4 is 4.74 Å². The molecule has 0 amide bonds. The Kier molecular flexibility index (Phi) is 8.52. The number of nitrogens with zero attached hydrogens (tertiary/aromatic N) is 6. The highest BCUT2D eigenvalue weighted by Gasteiger charge is 2.20. The van der Waals surface area contributed by atoms with Crippen LogP contribution in [-0.4, -0.2) is 56.1 Å². The summed E-state index contributed by atoms with van der Waals surface area (Å²) in [6, 6.07) is 9.62. The molecule has 11 nitrogen and oxygen atoms in total. The van der Waals surface area contributed by atoms with Gasteiger partial charge in [-0.1, -0.05) is 18.2 Å². The third kappa shape index (κ3) is 6.43. The van der Waals surface area contributed by atoms with Gasteiger partial charge < -0.3 is 14.2 Å². The van der Waals surface area contributed by atoms with Gasteiger partial charge in [-0.15, -0.1) is 0 Å². The molecular formula is C23H14Cl4N6O5. The van der Waals surface area contributed by atoms with E-state index in [1.165, 1.54) is 20.3 Å². The highest BCUT2D eigenvalue weighted by molar-refractivity contribution is 6.31. The minimum Gasteiger partial charge on any atom is -0.465 e. The molecule has 194 valence electrons. The summed E-state index contributed by atoms with van der Waals surface area (Å²) >= 11 is 23.4. The summed E-state index contributed by atoms with van der Waals surface area (Å²) in [5.41, 5.74) is 2.03. The Morgan fingerprint density at radius 1 is 0.684 bits per heavy atom. The fourth-order valence-electron chi connectivity index (χ4n) is 3.36. The summed E-state index contributed by atoms with van der Waals surface area (Å²) in [7, 11) is 2.48. The Morgan fingerprint density at radius 3 is 1.76 bits per heavy atom. The van der Waals surface area contributed by atoms with Crippen molar-refractivity contribution < 1.29 is 23.8 Å². The van der Waals surface area contributed by atoms with Gasteiger partial charge in [-0.05, 0) is 82.2 Å². The van der Waals surface area contributed by atoms with Crippen LogP contribution in [0.2, 0.25) is 21.1 Å². The van der Waals surface area contributed by atoms with Gasteiger partial charge in [0.05, 0.1) is 19.8 Å². The number of esters is 2. The first-order chi connectivity index (χ1) is 18.2. The average Bonchev–Trinajstić information content (AvgIpc) is 2.87. The number of aromatic nitrogens is 6. The molecule has 2 aromatic heterocycles. The van der Waals surface area contributed by atoms with E-state index in [0.29, 0.717) is 23.1 Å². The molecule has 0 saturated heterocycles. The van der Waals surface area contributed by atoms with E-state index in [-0.39, 0.29) is 49.8 Å². The van der Waals surface area contributed by atoms with Crippen LogP contribution in [0.3, 0.4) is 0 Å². The smallest absolute Gasteiger partial charge is 0.341 e. The highest BCUT2D eigenvalue weighted by Crippen LogP contribution is 2.29. The Morgan fingerprint density at radius 2 is 1.18 bits per heavy atom.